The number of anilines is 1. The number of hydrazine groups is 1. The number of aromatic nitrogens is 3. The molecule has 8 nitrogen and oxygen atoms in total. The second-order valence-electron chi connectivity index (χ2n) is 7.40. The van der Waals surface area contributed by atoms with Gasteiger partial charge in [0.25, 0.3) is 5.91 Å². The third-order valence-electron chi connectivity index (χ3n) is 5.19. The van der Waals surface area contributed by atoms with Crippen molar-refractivity contribution in [3.8, 4) is 0 Å². The maximum absolute atomic E-state index is 12.4. The van der Waals surface area contributed by atoms with Gasteiger partial charge in [-0.15, -0.1) is 0 Å². The molecule has 0 radical (unpaired) electrons. The summed E-state index contributed by atoms with van der Waals surface area (Å²) in [5.41, 5.74) is 6.97. The highest BCUT2D eigenvalue weighted by Crippen LogP contribution is 2.31. The minimum atomic E-state index is -0.337. The number of rotatable bonds is 7. The first-order valence-corrected chi connectivity index (χ1v) is 10.0. The van der Waals surface area contributed by atoms with Crippen LogP contribution >= 0.6 is 0 Å². The number of aryl methyl sites for hydroxylation is 2. The van der Waals surface area contributed by atoms with Crippen molar-refractivity contribution < 1.29 is 6.22 Å². The second kappa shape index (κ2) is 9.97. The summed E-state index contributed by atoms with van der Waals surface area (Å²) in [6.07, 6.45) is 7.73. The fourth-order valence-electron chi connectivity index (χ4n) is 3.51. The second-order valence-corrected chi connectivity index (χ2v) is 7.40. The zero-order valence-corrected chi connectivity index (χ0v) is 17.0. The lowest BCUT2D eigenvalue weighted by Gasteiger charge is -2.20. The lowest BCUT2D eigenvalue weighted by molar-refractivity contribution is -0.118. The third-order valence-corrected chi connectivity index (χ3v) is 5.19. The molecule has 156 valence electrons. The molecular weight excluding hydrogens is 366 g/mol. The molecular formula is C21H31N7O. The average molecular weight is 398 g/mol. The number of carbonyl (C=O) groups is 1. The predicted octanol–water partition coefficient (Wildman–Crippen LogP) is 2.82. The quantitative estimate of drug-likeness (QED) is 0.322. The van der Waals surface area contributed by atoms with E-state index >= 15 is 0 Å². The Morgan fingerprint density at radius 1 is 1.17 bits per heavy atom. The van der Waals surface area contributed by atoms with Gasteiger partial charge in [0.1, 0.15) is 5.70 Å². The molecule has 1 saturated carbocycles. The van der Waals surface area contributed by atoms with Crippen LogP contribution in [0.15, 0.2) is 36.2 Å². The van der Waals surface area contributed by atoms with E-state index in [1.165, 1.54) is 38.3 Å². The molecule has 1 aliphatic carbocycles. The number of nitrogens with one attached hydrogen (secondary N) is 3. The number of nitrogens with two attached hydrogens (primary N) is 1. The lowest BCUT2D eigenvalue weighted by atomic mass is 9.87. The molecule has 2 aromatic rings. The van der Waals surface area contributed by atoms with E-state index < -0.39 is 0 Å². The number of hydrogen-bond donors (Lipinski definition) is 4. The predicted molar refractivity (Wildman–Crippen MR) is 115 cm³/mol. The lowest BCUT2D eigenvalue weighted by Crippen LogP contribution is -2.35. The maximum atomic E-state index is 12.4. The maximum Gasteiger partial charge on any atom is 0.270 e. The Morgan fingerprint density at radius 2 is 1.97 bits per heavy atom. The van der Waals surface area contributed by atoms with Crippen molar-refractivity contribution in [1.82, 2.24) is 25.9 Å². The molecule has 0 spiro atoms. The van der Waals surface area contributed by atoms with Crippen molar-refractivity contribution in [2.45, 2.75) is 58.4 Å². The molecule has 29 heavy (non-hydrogen) atoms. The summed E-state index contributed by atoms with van der Waals surface area (Å²) >= 11 is 0. The Morgan fingerprint density at radius 3 is 2.62 bits per heavy atom. The molecule has 2 aromatic heterocycles. The summed E-state index contributed by atoms with van der Waals surface area (Å²) in [6, 6.07) is 7.76. The van der Waals surface area contributed by atoms with Crippen LogP contribution in [0.1, 0.15) is 62.2 Å². The first kappa shape index (κ1) is 20.7. The molecule has 0 saturated heterocycles. The van der Waals surface area contributed by atoms with Gasteiger partial charge in [0.05, 0.1) is 29.3 Å². The molecule has 1 fully saturated rings. The van der Waals surface area contributed by atoms with E-state index in [4.69, 9.17) is 5.84 Å². The molecule has 1 amide bonds. The van der Waals surface area contributed by atoms with Crippen molar-refractivity contribution in [1.29, 1.82) is 0 Å². The van der Waals surface area contributed by atoms with Crippen molar-refractivity contribution in [2.24, 2.45) is 5.84 Å². The average Bonchev–Trinajstić information content (AvgIpc) is 2.75. The molecule has 0 bridgehead atoms. The Bertz CT molecular complexity index is 864. The van der Waals surface area contributed by atoms with E-state index in [1.54, 1.807) is 0 Å². The van der Waals surface area contributed by atoms with Crippen LogP contribution in [0.3, 0.4) is 0 Å². The van der Waals surface area contributed by atoms with Crippen LogP contribution < -0.4 is 21.9 Å². The van der Waals surface area contributed by atoms with Crippen LogP contribution in [0.4, 0.5) is 5.69 Å². The molecule has 3 rings (SSSR count). The van der Waals surface area contributed by atoms with Gasteiger partial charge in [-0.05, 0) is 51.0 Å². The van der Waals surface area contributed by atoms with E-state index in [-0.39, 0.29) is 19.6 Å². The van der Waals surface area contributed by atoms with Crippen molar-refractivity contribution in [3.05, 3.63) is 58.9 Å². The zero-order valence-electron chi connectivity index (χ0n) is 17.0. The molecule has 0 aromatic carbocycles. The van der Waals surface area contributed by atoms with Gasteiger partial charge in [0.2, 0.25) is 0 Å². The minimum absolute atomic E-state index is 0. The monoisotopic (exact) mass is 397 g/mol. The number of nitrogens with zero attached hydrogens (tertiary/aromatic N) is 3. The van der Waals surface area contributed by atoms with Gasteiger partial charge in [-0.1, -0.05) is 19.3 Å². The molecule has 0 atom stereocenters. The zero-order chi connectivity index (χ0) is 20.6. The number of carbonyl (C=O) groups excluding carboxylic acids is 1. The smallest absolute Gasteiger partial charge is 0.270 e. The normalized spacial score (nSPS) is 15.1. The van der Waals surface area contributed by atoms with Crippen molar-refractivity contribution >= 4 is 11.6 Å². The summed E-state index contributed by atoms with van der Waals surface area (Å²) < 4.78 is 0. The van der Waals surface area contributed by atoms with Crippen LogP contribution in [-0.4, -0.2) is 21.1 Å². The van der Waals surface area contributed by atoms with E-state index in [9.17, 15) is 4.79 Å². The third kappa shape index (κ3) is 5.74. The highest BCUT2D eigenvalue weighted by atomic mass is 16.2. The summed E-state index contributed by atoms with van der Waals surface area (Å²) in [4.78, 5) is 16.8. The number of amides is 1. The molecule has 1 aliphatic rings. The topological polar surface area (TPSA) is 118 Å². The number of pyridine rings is 1. The van der Waals surface area contributed by atoms with Crippen LogP contribution in [0, 0.1) is 13.8 Å². The van der Waals surface area contributed by atoms with Gasteiger partial charge in [-0.2, -0.15) is 10.2 Å². The molecule has 2 heterocycles. The van der Waals surface area contributed by atoms with Crippen LogP contribution in [0.5, 0.6) is 0 Å². The Hall–Kier alpha value is -3.00. The van der Waals surface area contributed by atoms with Crippen LogP contribution in [0.2, 0.25) is 0 Å². The molecule has 5 N–H and O–H groups in total. The van der Waals surface area contributed by atoms with Gasteiger partial charge >= 0.3 is 0 Å². The Balaban J connectivity index is 0.00000320. The summed E-state index contributed by atoms with van der Waals surface area (Å²) in [6.45, 7) is 4.10. The Kier molecular flexibility index (Phi) is 7.13. The van der Waals surface area contributed by atoms with Gasteiger partial charge in [-0.25, -0.2) is 0 Å². The van der Waals surface area contributed by atoms with E-state index in [0.717, 1.165) is 22.8 Å². The molecule has 0 unspecified atom stereocenters. The van der Waals surface area contributed by atoms with E-state index in [1.807, 2.05) is 38.1 Å². The number of hydrogen-bond acceptors (Lipinski definition) is 7. The highest BCUT2D eigenvalue weighted by molar-refractivity contribution is 5.92. The SMILES string of the molecule is Cc1ccc(N/C=C(\NN)C(=O)NCc2ccc(C3CCCCC3)nn2)c(C)n1.[HH]. The van der Waals surface area contributed by atoms with Crippen molar-refractivity contribution in [3.63, 3.8) is 0 Å². The summed E-state index contributed by atoms with van der Waals surface area (Å²) in [5, 5.41) is 14.5. The first-order valence-electron chi connectivity index (χ1n) is 10.0. The van der Waals surface area contributed by atoms with Crippen LogP contribution in [0.25, 0.3) is 0 Å². The standard InChI is InChI=1S/C21H29N7O.H2/c1-14-8-10-18(15(2)25-14)23-13-20(26-22)21(29)24-12-17-9-11-19(28-27-17)16-6-4-3-5-7-16;/h8-11,13,16,23,26H,3-7,12,22H2,1-2H3,(H,24,29);1H/b20-13-;. The minimum Gasteiger partial charge on any atom is -0.358 e. The molecule has 0 aliphatic heterocycles. The van der Waals surface area contributed by atoms with Gasteiger partial charge in [-0.3, -0.25) is 15.6 Å². The first-order chi connectivity index (χ1) is 14.1. The van der Waals surface area contributed by atoms with Gasteiger partial charge in [0.15, 0.2) is 0 Å². The fraction of sp³-hybridized carbons (Fsp3) is 0.429. The van der Waals surface area contributed by atoms with E-state index in [0.29, 0.717) is 11.6 Å². The van der Waals surface area contributed by atoms with E-state index in [2.05, 4.69) is 31.2 Å². The van der Waals surface area contributed by atoms with Crippen LogP contribution in [-0.2, 0) is 11.3 Å². The fourth-order valence-corrected chi connectivity index (χ4v) is 3.51. The van der Waals surface area contributed by atoms with Crippen molar-refractivity contribution in [2.75, 3.05) is 5.32 Å². The Labute approximate surface area is 172 Å². The largest absolute Gasteiger partial charge is 0.358 e. The van der Waals surface area contributed by atoms with Gasteiger partial charge < -0.3 is 16.1 Å². The van der Waals surface area contributed by atoms with Gasteiger partial charge in [0, 0.05) is 19.2 Å². The molecule has 8 heteroatoms. The summed E-state index contributed by atoms with van der Waals surface area (Å²) in [7, 11) is 0. The highest BCUT2D eigenvalue weighted by Gasteiger charge is 2.17. The summed E-state index contributed by atoms with van der Waals surface area (Å²) in [5.74, 6) is 5.69.